The number of hydrogen-bond donors (Lipinski definition) is 2. The van der Waals surface area contributed by atoms with Crippen LogP contribution in [0.5, 0.6) is 5.75 Å². The minimum absolute atomic E-state index is 0.00646. The summed E-state index contributed by atoms with van der Waals surface area (Å²) in [6, 6.07) is 16.4. The third kappa shape index (κ3) is 5.43. The minimum Gasteiger partial charge on any atom is -0.489 e. The lowest BCUT2D eigenvalue weighted by Crippen LogP contribution is -2.47. The van der Waals surface area contributed by atoms with Crippen LogP contribution in [-0.2, 0) is 30.6 Å². The van der Waals surface area contributed by atoms with Crippen LogP contribution in [0.2, 0.25) is 0 Å². The van der Waals surface area contributed by atoms with Crippen molar-refractivity contribution in [2.45, 2.75) is 31.3 Å². The van der Waals surface area contributed by atoms with Crippen LogP contribution >= 0.6 is 0 Å². The lowest BCUT2D eigenvalue weighted by Gasteiger charge is -2.29. The van der Waals surface area contributed by atoms with Gasteiger partial charge in [0, 0.05) is 26.0 Å². The lowest BCUT2D eigenvalue weighted by atomic mass is 9.97. The summed E-state index contributed by atoms with van der Waals surface area (Å²) in [5, 5.41) is 12.7. The number of nitrogens with zero attached hydrogens (tertiary/aromatic N) is 2. The van der Waals surface area contributed by atoms with Crippen molar-refractivity contribution in [1.29, 1.82) is 0 Å². The molecule has 1 unspecified atom stereocenters. The Labute approximate surface area is 177 Å². The van der Waals surface area contributed by atoms with E-state index in [0.717, 1.165) is 16.3 Å². The zero-order chi connectivity index (χ0) is 22.5. The van der Waals surface area contributed by atoms with E-state index in [1.54, 1.807) is 18.2 Å². The van der Waals surface area contributed by atoms with Gasteiger partial charge in [-0.2, -0.15) is 13.2 Å². The maximum Gasteiger partial charge on any atom is 0.425 e. The Hall–Kier alpha value is -3.33. The molecule has 0 saturated carbocycles. The van der Waals surface area contributed by atoms with Gasteiger partial charge >= 0.3 is 6.18 Å². The van der Waals surface area contributed by atoms with Gasteiger partial charge in [0.15, 0.2) is 5.82 Å². The molecule has 0 spiro atoms. The first-order chi connectivity index (χ1) is 14.7. The molecule has 1 aromatic heterocycles. The summed E-state index contributed by atoms with van der Waals surface area (Å²) in [7, 11) is 1.32. The van der Waals surface area contributed by atoms with Crippen LogP contribution in [0.1, 0.15) is 23.4 Å². The van der Waals surface area contributed by atoms with Crippen molar-refractivity contribution < 1.29 is 27.8 Å². The Morgan fingerprint density at radius 1 is 1.13 bits per heavy atom. The quantitative estimate of drug-likeness (QED) is 0.571. The number of carbonyl (C=O) groups is 1. The Kier molecular flexibility index (Phi) is 6.65. The number of nitrogens with one attached hydrogen (secondary N) is 1. The molecule has 0 fully saturated rings. The molecule has 0 bridgehead atoms. The van der Waals surface area contributed by atoms with Gasteiger partial charge in [0.2, 0.25) is 11.5 Å². The van der Waals surface area contributed by atoms with E-state index in [-0.39, 0.29) is 6.54 Å². The van der Waals surface area contributed by atoms with E-state index >= 15 is 0 Å². The number of ether oxygens (including phenoxy) is 1. The molecule has 1 atom stereocenters. The number of aryl methyl sites for hydroxylation is 1. The van der Waals surface area contributed by atoms with Crippen molar-refractivity contribution >= 4 is 5.91 Å². The number of amides is 1. The number of carbonyl (C=O) groups excluding carboxylic acids is 1. The average molecular weight is 433 g/mol. The van der Waals surface area contributed by atoms with Gasteiger partial charge in [-0.1, -0.05) is 42.5 Å². The molecule has 3 aromatic rings. The summed E-state index contributed by atoms with van der Waals surface area (Å²) in [6.45, 7) is 0.311. The first-order valence-electron chi connectivity index (χ1n) is 9.48. The molecule has 2 aromatic carbocycles. The maximum absolute atomic E-state index is 13.6. The second-order valence-corrected chi connectivity index (χ2v) is 7.09. The number of halogens is 3. The molecular formula is C22H22F3N3O3. The Balaban J connectivity index is 1.61. The van der Waals surface area contributed by atoms with Gasteiger partial charge in [-0.05, 0) is 23.3 Å². The molecule has 6 nitrogen and oxygen atoms in total. The fourth-order valence-corrected chi connectivity index (χ4v) is 3.08. The summed E-state index contributed by atoms with van der Waals surface area (Å²) >= 11 is 0. The summed E-state index contributed by atoms with van der Waals surface area (Å²) in [6.07, 6.45) is -3.86. The predicted molar refractivity (Wildman–Crippen MR) is 107 cm³/mol. The van der Waals surface area contributed by atoms with E-state index in [1.807, 2.05) is 36.4 Å². The van der Waals surface area contributed by atoms with Gasteiger partial charge in [-0.25, -0.2) is 4.98 Å². The third-order valence-electron chi connectivity index (χ3n) is 4.71. The van der Waals surface area contributed by atoms with Crippen molar-refractivity contribution in [3.8, 4) is 5.75 Å². The fraction of sp³-hybridized carbons (Fsp3) is 0.273. The zero-order valence-electron chi connectivity index (χ0n) is 16.8. The van der Waals surface area contributed by atoms with Gasteiger partial charge in [-0.15, -0.1) is 0 Å². The first kappa shape index (κ1) is 22.4. The molecular weight excluding hydrogens is 411 g/mol. The molecule has 1 amide bonds. The molecule has 0 saturated heterocycles. The fourth-order valence-electron chi connectivity index (χ4n) is 3.08. The zero-order valence-corrected chi connectivity index (χ0v) is 16.8. The number of alkyl halides is 3. The first-order valence-corrected chi connectivity index (χ1v) is 9.48. The molecule has 0 aliphatic heterocycles. The van der Waals surface area contributed by atoms with E-state index in [4.69, 9.17) is 4.74 Å². The van der Waals surface area contributed by atoms with Gasteiger partial charge < -0.3 is 19.7 Å². The molecule has 2 N–H and O–H groups in total. The number of imidazole rings is 1. The van der Waals surface area contributed by atoms with E-state index in [0.29, 0.717) is 17.9 Å². The van der Waals surface area contributed by atoms with Crippen LogP contribution in [0.4, 0.5) is 13.2 Å². The largest absolute Gasteiger partial charge is 0.489 e. The monoisotopic (exact) mass is 433 g/mol. The Bertz CT molecular complexity index is 1020. The summed E-state index contributed by atoms with van der Waals surface area (Å²) < 4.78 is 47.4. The van der Waals surface area contributed by atoms with Crippen molar-refractivity contribution in [1.82, 2.24) is 14.9 Å². The highest BCUT2D eigenvalue weighted by Crippen LogP contribution is 2.40. The van der Waals surface area contributed by atoms with Crippen LogP contribution < -0.4 is 10.1 Å². The second kappa shape index (κ2) is 9.22. The number of aliphatic hydroxyl groups is 1. The molecule has 31 heavy (non-hydrogen) atoms. The smallest absolute Gasteiger partial charge is 0.425 e. The number of benzene rings is 2. The van der Waals surface area contributed by atoms with E-state index in [9.17, 15) is 23.1 Å². The van der Waals surface area contributed by atoms with Crippen molar-refractivity contribution in [3.05, 3.63) is 83.9 Å². The molecule has 164 valence electrons. The van der Waals surface area contributed by atoms with E-state index in [2.05, 4.69) is 10.3 Å². The van der Waals surface area contributed by atoms with Crippen LogP contribution in [-0.4, -0.2) is 26.7 Å². The summed E-state index contributed by atoms with van der Waals surface area (Å²) in [5.41, 5.74) is -1.86. The number of rotatable bonds is 8. The van der Waals surface area contributed by atoms with Crippen LogP contribution in [0, 0.1) is 0 Å². The van der Waals surface area contributed by atoms with Crippen molar-refractivity contribution in [2.24, 2.45) is 7.05 Å². The van der Waals surface area contributed by atoms with E-state index in [1.165, 1.54) is 13.2 Å². The maximum atomic E-state index is 13.6. The lowest BCUT2D eigenvalue weighted by molar-refractivity contribution is -0.271. The normalized spacial score (nSPS) is 13.5. The van der Waals surface area contributed by atoms with Crippen molar-refractivity contribution in [2.75, 3.05) is 0 Å². The molecule has 0 aliphatic carbocycles. The van der Waals surface area contributed by atoms with Crippen LogP contribution in [0.25, 0.3) is 0 Å². The van der Waals surface area contributed by atoms with Gasteiger partial charge in [0.1, 0.15) is 12.4 Å². The van der Waals surface area contributed by atoms with Crippen molar-refractivity contribution in [3.63, 3.8) is 0 Å². The SMILES string of the molecule is Cn1ccnc1C(O)(CC(=O)NCc1cccc(COc2ccccc2)c1)C(F)(F)F. The predicted octanol–water partition coefficient (Wildman–Crippen LogP) is 3.46. The van der Waals surface area contributed by atoms with Gasteiger partial charge in [0.05, 0.1) is 6.42 Å². The van der Waals surface area contributed by atoms with Crippen LogP contribution in [0.15, 0.2) is 67.0 Å². The highest BCUT2D eigenvalue weighted by Gasteiger charge is 2.58. The summed E-state index contributed by atoms with van der Waals surface area (Å²) in [5.74, 6) is -0.883. The summed E-state index contributed by atoms with van der Waals surface area (Å²) in [4.78, 5) is 15.8. The number of para-hydroxylation sites is 1. The molecule has 0 radical (unpaired) electrons. The highest BCUT2D eigenvalue weighted by atomic mass is 19.4. The van der Waals surface area contributed by atoms with Gasteiger partial charge in [0.25, 0.3) is 0 Å². The second-order valence-electron chi connectivity index (χ2n) is 7.09. The number of hydrogen-bond acceptors (Lipinski definition) is 4. The molecule has 3 rings (SSSR count). The third-order valence-corrected chi connectivity index (χ3v) is 4.71. The van der Waals surface area contributed by atoms with E-state index < -0.39 is 29.9 Å². The molecule has 9 heteroatoms. The standard InChI is InChI=1S/C22H22F3N3O3/c1-28-11-10-26-20(28)21(30,22(23,24)25)13-19(29)27-14-16-6-5-7-17(12-16)15-31-18-8-3-2-4-9-18/h2-12,30H,13-15H2,1H3,(H,27,29). The van der Waals surface area contributed by atoms with Gasteiger partial charge in [-0.3, -0.25) is 4.79 Å². The van der Waals surface area contributed by atoms with Crippen LogP contribution in [0.3, 0.4) is 0 Å². The highest BCUT2D eigenvalue weighted by molar-refractivity contribution is 5.77. The molecule has 1 heterocycles. The topological polar surface area (TPSA) is 76.4 Å². The molecule has 0 aliphatic rings. The Morgan fingerprint density at radius 3 is 2.48 bits per heavy atom. The number of aromatic nitrogens is 2. The average Bonchev–Trinajstić information content (AvgIpc) is 3.17. The Morgan fingerprint density at radius 2 is 1.84 bits per heavy atom. The minimum atomic E-state index is -5.07.